The first-order chi connectivity index (χ1) is 8.36. The molecule has 2 unspecified atom stereocenters. The van der Waals surface area contributed by atoms with E-state index in [9.17, 15) is 9.59 Å². The Kier molecular flexibility index (Phi) is 14.5. The first kappa shape index (κ1) is 20.0. The van der Waals surface area contributed by atoms with Gasteiger partial charge in [0.25, 0.3) is 0 Å². The van der Waals surface area contributed by atoms with E-state index in [2.05, 4.69) is 0 Å². The van der Waals surface area contributed by atoms with Crippen LogP contribution in [-0.2, 0) is 9.59 Å². The van der Waals surface area contributed by atoms with Crippen LogP contribution >= 0.6 is 23.5 Å². The van der Waals surface area contributed by atoms with Gasteiger partial charge in [0.2, 0.25) is 5.91 Å². The van der Waals surface area contributed by atoms with E-state index < -0.39 is 5.97 Å². The normalized spacial score (nSPS) is 13.1. The maximum atomic E-state index is 10.4. The summed E-state index contributed by atoms with van der Waals surface area (Å²) in [6.07, 6.45) is 5.68. The Hall–Kier alpha value is -0.360. The van der Waals surface area contributed by atoms with Gasteiger partial charge in [-0.1, -0.05) is 13.8 Å². The number of carbonyl (C=O) groups excluding carboxylic acids is 1. The molecule has 0 rings (SSSR count). The van der Waals surface area contributed by atoms with Crippen LogP contribution in [0.4, 0.5) is 0 Å². The van der Waals surface area contributed by atoms with E-state index in [-0.39, 0.29) is 17.7 Å². The Balaban J connectivity index is 0. The van der Waals surface area contributed by atoms with E-state index in [4.69, 9.17) is 10.8 Å². The average molecular weight is 295 g/mol. The molecular weight excluding hydrogens is 270 g/mol. The third kappa shape index (κ3) is 13.7. The molecule has 18 heavy (non-hydrogen) atoms. The van der Waals surface area contributed by atoms with Crippen molar-refractivity contribution in [3.63, 3.8) is 0 Å². The molecule has 0 spiro atoms. The molecule has 4 nitrogen and oxygen atoms in total. The lowest BCUT2D eigenvalue weighted by atomic mass is 10.1. The number of amides is 1. The highest BCUT2D eigenvalue weighted by molar-refractivity contribution is 7.98. The number of hydrogen-bond donors (Lipinski definition) is 2. The van der Waals surface area contributed by atoms with Gasteiger partial charge >= 0.3 is 5.97 Å². The zero-order valence-electron chi connectivity index (χ0n) is 11.6. The van der Waals surface area contributed by atoms with Crippen molar-refractivity contribution in [1.82, 2.24) is 0 Å². The van der Waals surface area contributed by atoms with Crippen LogP contribution < -0.4 is 5.73 Å². The van der Waals surface area contributed by atoms with Gasteiger partial charge in [-0.3, -0.25) is 9.59 Å². The van der Waals surface area contributed by atoms with Crippen molar-refractivity contribution in [3.05, 3.63) is 0 Å². The minimum Gasteiger partial charge on any atom is -0.481 e. The molecule has 0 heterocycles. The molecule has 0 aliphatic carbocycles. The molecule has 0 aliphatic heterocycles. The Morgan fingerprint density at radius 2 is 1.44 bits per heavy atom. The van der Waals surface area contributed by atoms with Gasteiger partial charge in [0.15, 0.2) is 0 Å². The summed E-state index contributed by atoms with van der Waals surface area (Å²) >= 11 is 3.42. The Morgan fingerprint density at radius 1 is 1.06 bits per heavy atom. The highest BCUT2D eigenvalue weighted by atomic mass is 32.2. The number of thioether (sulfide) groups is 2. The van der Waals surface area contributed by atoms with E-state index in [0.29, 0.717) is 0 Å². The van der Waals surface area contributed by atoms with Crippen LogP contribution in [0.5, 0.6) is 0 Å². The summed E-state index contributed by atoms with van der Waals surface area (Å²) < 4.78 is 0. The summed E-state index contributed by atoms with van der Waals surface area (Å²) in [6.45, 7) is 3.59. The van der Waals surface area contributed by atoms with Crippen molar-refractivity contribution in [2.75, 3.05) is 24.0 Å². The lowest BCUT2D eigenvalue weighted by Crippen LogP contribution is -2.20. The third-order valence-electron chi connectivity index (χ3n) is 2.42. The topological polar surface area (TPSA) is 80.4 Å². The first-order valence-corrected chi connectivity index (χ1v) is 8.65. The Morgan fingerprint density at radius 3 is 1.72 bits per heavy atom. The molecular formula is C12H25NO3S2. The quantitative estimate of drug-likeness (QED) is 0.718. The summed E-state index contributed by atoms with van der Waals surface area (Å²) in [7, 11) is 0. The van der Waals surface area contributed by atoms with Crippen molar-refractivity contribution in [2.45, 2.75) is 26.7 Å². The van der Waals surface area contributed by atoms with E-state index in [1.165, 1.54) is 0 Å². The molecule has 0 aromatic heterocycles. The van der Waals surface area contributed by atoms with Crippen LogP contribution in [0, 0.1) is 11.8 Å². The van der Waals surface area contributed by atoms with Gasteiger partial charge < -0.3 is 10.8 Å². The summed E-state index contributed by atoms with van der Waals surface area (Å²) in [5.74, 6) is 0.931. The van der Waals surface area contributed by atoms with Crippen LogP contribution in [0.15, 0.2) is 0 Å². The smallest absolute Gasteiger partial charge is 0.306 e. The number of primary amides is 1. The zero-order chi connectivity index (χ0) is 14.6. The molecule has 0 radical (unpaired) electrons. The second kappa shape index (κ2) is 13.1. The molecule has 0 saturated heterocycles. The van der Waals surface area contributed by atoms with Crippen LogP contribution in [0.2, 0.25) is 0 Å². The lowest BCUT2D eigenvalue weighted by Gasteiger charge is -2.03. The zero-order valence-corrected chi connectivity index (χ0v) is 13.3. The molecule has 0 fully saturated rings. The second-order valence-corrected chi connectivity index (χ2v) is 6.08. The van der Waals surface area contributed by atoms with Crippen molar-refractivity contribution < 1.29 is 14.7 Å². The first-order valence-electron chi connectivity index (χ1n) is 5.86. The van der Waals surface area contributed by atoms with Crippen LogP contribution in [0.1, 0.15) is 26.7 Å². The highest BCUT2D eigenvalue weighted by Gasteiger charge is 2.08. The number of aliphatic carboxylic acids is 1. The second-order valence-electron chi connectivity index (χ2n) is 4.11. The molecule has 6 heteroatoms. The van der Waals surface area contributed by atoms with Gasteiger partial charge in [0.1, 0.15) is 0 Å². The van der Waals surface area contributed by atoms with E-state index in [1.54, 1.807) is 30.4 Å². The fourth-order valence-corrected chi connectivity index (χ4v) is 2.03. The Bertz CT molecular complexity index is 213. The molecule has 0 bridgehead atoms. The SMILES string of the molecule is CSCCC(C)C(=O)O.CSCCC(C)C(N)=O. The molecule has 0 aromatic carbocycles. The number of nitrogens with two attached hydrogens (primary N) is 1. The van der Waals surface area contributed by atoms with Crippen LogP contribution in [0.25, 0.3) is 0 Å². The summed E-state index contributed by atoms with van der Waals surface area (Å²) in [4.78, 5) is 20.6. The van der Waals surface area contributed by atoms with E-state index in [1.807, 2.05) is 19.4 Å². The fourth-order valence-electron chi connectivity index (χ4n) is 0.855. The summed E-state index contributed by atoms with van der Waals surface area (Å²) in [5, 5.41) is 8.40. The maximum absolute atomic E-state index is 10.4. The van der Waals surface area contributed by atoms with E-state index >= 15 is 0 Å². The number of hydrogen-bond acceptors (Lipinski definition) is 4. The highest BCUT2D eigenvalue weighted by Crippen LogP contribution is 2.06. The molecule has 1 amide bonds. The van der Waals surface area contributed by atoms with Gasteiger partial charge in [-0.05, 0) is 36.9 Å². The minimum atomic E-state index is -0.691. The lowest BCUT2D eigenvalue weighted by molar-refractivity contribution is -0.141. The minimum absolute atomic E-state index is 0.0393. The largest absolute Gasteiger partial charge is 0.481 e. The van der Waals surface area contributed by atoms with Crippen LogP contribution in [0.3, 0.4) is 0 Å². The average Bonchev–Trinajstić information content (AvgIpc) is 2.33. The number of carbonyl (C=O) groups is 2. The molecule has 3 N–H and O–H groups in total. The fraction of sp³-hybridized carbons (Fsp3) is 0.833. The van der Waals surface area contributed by atoms with Crippen molar-refractivity contribution in [1.29, 1.82) is 0 Å². The van der Waals surface area contributed by atoms with Gasteiger partial charge in [0, 0.05) is 5.92 Å². The predicted octanol–water partition coefficient (Wildman–Crippen LogP) is 2.32. The van der Waals surface area contributed by atoms with Gasteiger partial charge in [0.05, 0.1) is 5.92 Å². The molecule has 0 aliphatic rings. The Labute approximate surface area is 118 Å². The van der Waals surface area contributed by atoms with E-state index in [0.717, 1.165) is 24.3 Å². The molecule has 0 saturated carbocycles. The van der Waals surface area contributed by atoms with Gasteiger partial charge in [-0.15, -0.1) is 0 Å². The van der Waals surface area contributed by atoms with Gasteiger partial charge in [-0.25, -0.2) is 0 Å². The number of carboxylic acids is 1. The monoisotopic (exact) mass is 295 g/mol. The van der Waals surface area contributed by atoms with Crippen LogP contribution in [-0.4, -0.2) is 41.0 Å². The maximum Gasteiger partial charge on any atom is 0.306 e. The third-order valence-corrected chi connectivity index (χ3v) is 3.71. The molecule has 108 valence electrons. The van der Waals surface area contributed by atoms with Crippen molar-refractivity contribution >= 4 is 35.4 Å². The van der Waals surface area contributed by atoms with Crippen molar-refractivity contribution in [3.8, 4) is 0 Å². The number of carboxylic acid groups (broad SMARTS) is 1. The molecule has 2 atom stereocenters. The van der Waals surface area contributed by atoms with Crippen molar-refractivity contribution in [2.24, 2.45) is 17.6 Å². The molecule has 0 aromatic rings. The predicted molar refractivity (Wildman–Crippen MR) is 81.2 cm³/mol. The standard InChI is InChI=1S/C6H13NOS.C6H12O2S/c2*1-5(6(7)8)3-4-9-2/h5H,3-4H2,1-2H3,(H2,7,8);5H,3-4H2,1-2H3,(H,7,8). The summed E-state index contributed by atoms with van der Waals surface area (Å²) in [6, 6.07) is 0. The summed E-state index contributed by atoms with van der Waals surface area (Å²) in [5.41, 5.74) is 5.03. The number of rotatable bonds is 8. The van der Waals surface area contributed by atoms with Gasteiger partial charge in [-0.2, -0.15) is 23.5 Å².